The number of halogens is 1. The molecule has 27 heavy (non-hydrogen) atoms. The van der Waals surface area contributed by atoms with E-state index in [2.05, 4.69) is 5.32 Å². The van der Waals surface area contributed by atoms with Crippen molar-refractivity contribution in [3.8, 4) is 11.5 Å². The fourth-order valence-corrected chi connectivity index (χ4v) is 3.28. The molecule has 1 fully saturated rings. The van der Waals surface area contributed by atoms with Crippen molar-refractivity contribution in [1.82, 2.24) is 5.32 Å². The Bertz CT molecular complexity index is 694. The summed E-state index contributed by atoms with van der Waals surface area (Å²) in [6.07, 6.45) is 3.21. The summed E-state index contributed by atoms with van der Waals surface area (Å²) in [4.78, 5) is 12.1. The van der Waals surface area contributed by atoms with Gasteiger partial charge in [-0.2, -0.15) is 0 Å². The van der Waals surface area contributed by atoms with E-state index in [1.54, 1.807) is 0 Å². The molecule has 5 nitrogen and oxygen atoms in total. The highest BCUT2D eigenvalue weighted by Gasteiger charge is 2.27. The standard InChI is InChI=1S/C21H26N2O3.ClH/c22-13-17-7-4-8-20(17)23-21(24)15-26-19-11-9-18(10-12-19)25-14-16-5-2-1-3-6-16;/h1-3,5-6,9-12,17,20H,4,7-8,13-15,22H2,(H,23,24);1H. The fraction of sp³-hybridized carbons (Fsp3) is 0.381. The number of carbonyl (C=O) groups excluding carboxylic acids is 1. The summed E-state index contributed by atoms with van der Waals surface area (Å²) < 4.78 is 11.3. The zero-order chi connectivity index (χ0) is 18.2. The smallest absolute Gasteiger partial charge is 0.258 e. The maximum Gasteiger partial charge on any atom is 0.258 e. The summed E-state index contributed by atoms with van der Waals surface area (Å²) in [5.41, 5.74) is 6.86. The highest BCUT2D eigenvalue weighted by molar-refractivity contribution is 5.85. The van der Waals surface area contributed by atoms with Crippen molar-refractivity contribution in [3.05, 3.63) is 60.2 Å². The van der Waals surface area contributed by atoms with Crippen molar-refractivity contribution in [2.24, 2.45) is 11.7 Å². The van der Waals surface area contributed by atoms with E-state index in [0.29, 0.717) is 24.8 Å². The molecular formula is C21H27ClN2O3. The molecular weight excluding hydrogens is 364 g/mol. The van der Waals surface area contributed by atoms with Gasteiger partial charge in [0, 0.05) is 6.04 Å². The summed E-state index contributed by atoms with van der Waals surface area (Å²) in [5, 5.41) is 3.03. The zero-order valence-electron chi connectivity index (χ0n) is 15.3. The van der Waals surface area contributed by atoms with Crippen molar-refractivity contribution < 1.29 is 14.3 Å². The van der Waals surface area contributed by atoms with Crippen molar-refractivity contribution >= 4 is 18.3 Å². The van der Waals surface area contributed by atoms with Crippen LogP contribution >= 0.6 is 12.4 Å². The van der Waals surface area contributed by atoms with Crippen LogP contribution in [-0.4, -0.2) is 25.1 Å². The van der Waals surface area contributed by atoms with Gasteiger partial charge in [0.05, 0.1) is 0 Å². The maximum atomic E-state index is 12.1. The monoisotopic (exact) mass is 390 g/mol. The predicted octanol–water partition coefficient (Wildman–Crippen LogP) is 3.31. The number of nitrogens with one attached hydrogen (secondary N) is 1. The van der Waals surface area contributed by atoms with E-state index in [9.17, 15) is 4.79 Å². The Hall–Kier alpha value is -2.24. The van der Waals surface area contributed by atoms with E-state index in [-0.39, 0.29) is 31.0 Å². The average Bonchev–Trinajstić information content (AvgIpc) is 3.13. The van der Waals surface area contributed by atoms with Crippen LogP contribution < -0.4 is 20.5 Å². The molecule has 2 atom stereocenters. The second-order valence-corrected chi connectivity index (χ2v) is 6.64. The molecule has 3 rings (SSSR count). The molecule has 0 bridgehead atoms. The number of carbonyl (C=O) groups is 1. The lowest BCUT2D eigenvalue weighted by molar-refractivity contribution is -0.124. The second-order valence-electron chi connectivity index (χ2n) is 6.64. The summed E-state index contributed by atoms with van der Waals surface area (Å²) >= 11 is 0. The van der Waals surface area contributed by atoms with Gasteiger partial charge in [0.2, 0.25) is 0 Å². The van der Waals surface area contributed by atoms with Crippen LogP contribution in [0.5, 0.6) is 11.5 Å². The molecule has 0 radical (unpaired) electrons. The molecule has 0 saturated heterocycles. The Morgan fingerprint density at radius 3 is 2.33 bits per heavy atom. The molecule has 2 aromatic rings. The van der Waals surface area contributed by atoms with Gasteiger partial charge in [-0.25, -0.2) is 0 Å². The number of amides is 1. The summed E-state index contributed by atoms with van der Waals surface area (Å²) in [6, 6.07) is 17.5. The Morgan fingerprint density at radius 2 is 1.67 bits per heavy atom. The lowest BCUT2D eigenvalue weighted by Gasteiger charge is -2.19. The van der Waals surface area contributed by atoms with Crippen LogP contribution in [0.2, 0.25) is 0 Å². The molecule has 0 aliphatic heterocycles. The van der Waals surface area contributed by atoms with Crippen LogP contribution in [0.15, 0.2) is 54.6 Å². The van der Waals surface area contributed by atoms with Gasteiger partial charge in [-0.3, -0.25) is 4.79 Å². The Balaban J connectivity index is 0.00000261. The molecule has 1 saturated carbocycles. The summed E-state index contributed by atoms with van der Waals surface area (Å²) in [6.45, 7) is 1.15. The number of hydrogen-bond acceptors (Lipinski definition) is 4. The lowest BCUT2D eigenvalue weighted by Crippen LogP contribution is -2.42. The first-order chi connectivity index (χ1) is 12.7. The van der Waals surface area contributed by atoms with Crippen molar-refractivity contribution in [1.29, 1.82) is 0 Å². The van der Waals surface area contributed by atoms with Crippen molar-refractivity contribution in [3.63, 3.8) is 0 Å². The van der Waals surface area contributed by atoms with Gasteiger partial charge < -0.3 is 20.5 Å². The normalized spacial score (nSPS) is 18.4. The second kappa shape index (κ2) is 10.8. The number of rotatable bonds is 8. The first-order valence-electron chi connectivity index (χ1n) is 9.13. The summed E-state index contributed by atoms with van der Waals surface area (Å²) in [5.74, 6) is 1.70. The quantitative estimate of drug-likeness (QED) is 0.725. The molecule has 1 aliphatic rings. The highest BCUT2D eigenvalue weighted by Crippen LogP contribution is 2.24. The molecule has 2 unspecified atom stereocenters. The average molecular weight is 391 g/mol. The van der Waals surface area contributed by atoms with E-state index < -0.39 is 0 Å². The largest absolute Gasteiger partial charge is 0.489 e. The third-order valence-corrected chi connectivity index (χ3v) is 4.75. The number of nitrogens with two attached hydrogens (primary N) is 1. The lowest BCUT2D eigenvalue weighted by atomic mass is 10.0. The van der Waals surface area contributed by atoms with Crippen LogP contribution in [0.1, 0.15) is 24.8 Å². The molecule has 1 aliphatic carbocycles. The molecule has 6 heteroatoms. The third kappa shape index (κ3) is 6.45. The molecule has 0 heterocycles. The topological polar surface area (TPSA) is 73.6 Å². The van der Waals surface area contributed by atoms with E-state index >= 15 is 0 Å². The van der Waals surface area contributed by atoms with E-state index in [4.69, 9.17) is 15.2 Å². The Labute approximate surface area is 166 Å². The van der Waals surface area contributed by atoms with Crippen LogP contribution in [0.3, 0.4) is 0 Å². The molecule has 0 spiro atoms. The molecule has 3 N–H and O–H groups in total. The van der Waals surface area contributed by atoms with Crippen LogP contribution in [0.25, 0.3) is 0 Å². The van der Waals surface area contributed by atoms with Crippen LogP contribution in [-0.2, 0) is 11.4 Å². The minimum absolute atomic E-state index is 0. The molecule has 0 aromatic heterocycles. The first-order valence-corrected chi connectivity index (χ1v) is 9.13. The molecule has 146 valence electrons. The van der Waals surface area contributed by atoms with Crippen LogP contribution in [0, 0.1) is 5.92 Å². The van der Waals surface area contributed by atoms with Gasteiger partial charge in [0.1, 0.15) is 18.1 Å². The van der Waals surface area contributed by atoms with Crippen molar-refractivity contribution in [2.75, 3.05) is 13.2 Å². The molecule has 2 aromatic carbocycles. The maximum absolute atomic E-state index is 12.1. The van der Waals surface area contributed by atoms with Gasteiger partial charge >= 0.3 is 0 Å². The highest BCUT2D eigenvalue weighted by atomic mass is 35.5. The van der Waals surface area contributed by atoms with Gasteiger partial charge in [-0.05, 0) is 55.1 Å². The summed E-state index contributed by atoms with van der Waals surface area (Å²) in [7, 11) is 0. The van der Waals surface area contributed by atoms with Gasteiger partial charge in [0.15, 0.2) is 6.61 Å². The predicted molar refractivity (Wildman–Crippen MR) is 108 cm³/mol. The zero-order valence-corrected chi connectivity index (χ0v) is 16.1. The van der Waals surface area contributed by atoms with E-state index in [1.807, 2.05) is 54.6 Å². The third-order valence-electron chi connectivity index (χ3n) is 4.75. The number of hydrogen-bond donors (Lipinski definition) is 2. The molecule has 1 amide bonds. The Kier molecular flexibility index (Phi) is 8.43. The van der Waals surface area contributed by atoms with E-state index in [1.165, 1.54) is 0 Å². The van der Waals surface area contributed by atoms with Gasteiger partial charge in [-0.15, -0.1) is 12.4 Å². The van der Waals surface area contributed by atoms with Crippen molar-refractivity contribution in [2.45, 2.75) is 31.9 Å². The Morgan fingerprint density at radius 1 is 1.00 bits per heavy atom. The minimum atomic E-state index is -0.0974. The SMILES string of the molecule is Cl.NCC1CCCC1NC(=O)COc1ccc(OCc2ccccc2)cc1. The number of ether oxygens (including phenoxy) is 2. The van der Waals surface area contributed by atoms with E-state index in [0.717, 1.165) is 30.6 Å². The van der Waals surface area contributed by atoms with Crippen LogP contribution in [0.4, 0.5) is 0 Å². The fourth-order valence-electron chi connectivity index (χ4n) is 3.28. The van der Waals surface area contributed by atoms with Gasteiger partial charge in [0.25, 0.3) is 5.91 Å². The minimum Gasteiger partial charge on any atom is -0.489 e. The first kappa shape index (κ1) is 21.1. The van der Waals surface area contributed by atoms with Gasteiger partial charge in [-0.1, -0.05) is 36.8 Å². The number of benzene rings is 2.